The Hall–Kier alpha value is -2.54. The second kappa shape index (κ2) is 4.24. The minimum Gasteiger partial charge on any atom is -0.455 e. The molecule has 96 valence electrons. The van der Waals surface area contributed by atoms with Crippen LogP contribution in [0.2, 0.25) is 0 Å². The third kappa shape index (κ3) is 1.64. The Morgan fingerprint density at radius 1 is 0.750 bits per heavy atom. The molecule has 3 aromatic carbocycles. The topological polar surface area (TPSA) is 13.1 Å². The summed E-state index contributed by atoms with van der Waals surface area (Å²) in [5, 5.41) is 3.61. The maximum atomic E-state index is 6.12. The third-order valence-electron chi connectivity index (χ3n) is 3.79. The van der Waals surface area contributed by atoms with Crippen LogP contribution in [0.3, 0.4) is 0 Å². The van der Waals surface area contributed by atoms with E-state index in [-0.39, 0.29) is 0 Å². The van der Waals surface area contributed by atoms with Crippen LogP contribution in [-0.2, 0) is 0 Å². The molecule has 0 saturated heterocycles. The predicted molar refractivity (Wildman–Crippen MR) is 83.9 cm³/mol. The molecule has 0 N–H and O–H groups in total. The van der Waals surface area contributed by atoms with Crippen LogP contribution in [0, 0.1) is 6.92 Å². The second-order valence-electron chi connectivity index (χ2n) is 5.13. The van der Waals surface area contributed by atoms with Gasteiger partial charge in [0.2, 0.25) is 0 Å². The van der Waals surface area contributed by atoms with E-state index in [1.807, 2.05) is 18.2 Å². The Bertz CT molecular complexity index is 901. The van der Waals surface area contributed by atoms with Crippen molar-refractivity contribution < 1.29 is 4.42 Å². The van der Waals surface area contributed by atoms with Crippen molar-refractivity contribution in [3.05, 3.63) is 72.3 Å². The molecule has 0 aliphatic rings. The van der Waals surface area contributed by atoms with Gasteiger partial charge in [-0.05, 0) is 30.0 Å². The molecule has 0 unspecified atom stereocenters. The fraction of sp³-hybridized carbons (Fsp3) is 0.0526. The Kier molecular flexibility index (Phi) is 2.40. The van der Waals surface area contributed by atoms with E-state index in [0.717, 1.165) is 16.9 Å². The van der Waals surface area contributed by atoms with E-state index in [2.05, 4.69) is 55.5 Å². The fourth-order valence-electron chi connectivity index (χ4n) is 2.80. The van der Waals surface area contributed by atoms with Crippen molar-refractivity contribution >= 4 is 21.7 Å². The highest BCUT2D eigenvalue weighted by molar-refractivity contribution is 6.07. The van der Waals surface area contributed by atoms with E-state index in [1.165, 1.54) is 21.7 Å². The Morgan fingerprint density at radius 3 is 2.25 bits per heavy atom. The normalized spacial score (nSPS) is 11.2. The lowest BCUT2D eigenvalue weighted by Gasteiger charge is -2.02. The molecule has 0 fully saturated rings. The van der Waals surface area contributed by atoms with Crippen LogP contribution in [0.25, 0.3) is 33.1 Å². The van der Waals surface area contributed by atoms with Gasteiger partial charge in [0, 0.05) is 16.3 Å². The number of furan rings is 1. The number of hydrogen-bond donors (Lipinski definition) is 0. The molecule has 4 rings (SSSR count). The standard InChI is InChI=1S/C19H14O/c1-13-11-15-12-18(14-7-3-2-4-8-14)20-19(15)17-10-6-5-9-16(13)17/h2-12H,1H3. The lowest BCUT2D eigenvalue weighted by Crippen LogP contribution is -1.78. The van der Waals surface area contributed by atoms with E-state index >= 15 is 0 Å². The molecule has 20 heavy (non-hydrogen) atoms. The Morgan fingerprint density at radius 2 is 1.45 bits per heavy atom. The molecule has 0 aliphatic carbocycles. The molecule has 0 radical (unpaired) electrons. The zero-order chi connectivity index (χ0) is 13.5. The quantitative estimate of drug-likeness (QED) is 0.435. The van der Waals surface area contributed by atoms with E-state index in [1.54, 1.807) is 0 Å². The summed E-state index contributed by atoms with van der Waals surface area (Å²) in [6, 6.07) is 23.0. The molecule has 1 nitrogen and oxygen atoms in total. The van der Waals surface area contributed by atoms with Crippen LogP contribution in [0.4, 0.5) is 0 Å². The second-order valence-corrected chi connectivity index (χ2v) is 5.13. The first kappa shape index (κ1) is 11.3. The first-order chi connectivity index (χ1) is 9.83. The van der Waals surface area contributed by atoms with Gasteiger partial charge >= 0.3 is 0 Å². The average molecular weight is 258 g/mol. The average Bonchev–Trinajstić information content (AvgIpc) is 2.93. The molecule has 1 heteroatoms. The van der Waals surface area contributed by atoms with Gasteiger partial charge in [0.1, 0.15) is 11.3 Å². The molecule has 0 atom stereocenters. The number of aryl methyl sites for hydroxylation is 1. The van der Waals surface area contributed by atoms with Gasteiger partial charge in [-0.2, -0.15) is 0 Å². The monoisotopic (exact) mass is 258 g/mol. The predicted octanol–water partition coefficient (Wildman–Crippen LogP) is 5.56. The summed E-state index contributed by atoms with van der Waals surface area (Å²) in [6.45, 7) is 2.15. The largest absolute Gasteiger partial charge is 0.455 e. The molecule has 4 aromatic rings. The summed E-state index contributed by atoms with van der Waals surface area (Å²) in [4.78, 5) is 0. The fourth-order valence-corrected chi connectivity index (χ4v) is 2.80. The third-order valence-corrected chi connectivity index (χ3v) is 3.79. The van der Waals surface area contributed by atoms with Gasteiger partial charge in [-0.25, -0.2) is 0 Å². The van der Waals surface area contributed by atoms with Gasteiger partial charge in [-0.3, -0.25) is 0 Å². The minimum atomic E-state index is 0.927. The van der Waals surface area contributed by atoms with Crippen molar-refractivity contribution in [1.29, 1.82) is 0 Å². The van der Waals surface area contributed by atoms with Gasteiger partial charge in [-0.1, -0.05) is 54.6 Å². The summed E-state index contributed by atoms with van der Waals surface area (Å²) in [5.41, 5.74) is 3.38. The van der Waals surface area contributed by atoms with Crippen molar-refractivity contribution in [2.24, 2.45) is 0 Å². The maximum Gasteiger partial charge on any atom is 0.142 e. The number of fused-ring (bicyclic) bond motifs is 3. The van der Waals surface area contributed by atoms with Crippen LogP contribution in [0.1, 0.15) is 5.56 Å². The van der Waals surface area contributed by atoms with Gasteiger partial charge in [-0.15, -0.1) is 0 Å². The Balaban J connectivity index is 2.07. The van der Waals surface area contributed by atoms with Crippen LogP contribution in [-0.4, -0.2) is 0 Å². The van der Waals surface area contributed by atoms with E-state index in [9.17, 15) is 0 Å². The Labute approximate surface area is 117 Å². The lowest BCUT2D eigenvalue weighted by atomic mass is 10.0. The molecule has 0 amide bonds. The number of hydrogen-bond acceptors (Lipinski definition) is 1. The highest BCUT2D eigenvalue weighted by atomic mass is 16.3. The molecular weight excluding hydrogens is 244 g/mol. The van der Waals surface area contributed by atoms with Gasteiger partial charge < -0.3 is 4.42 Å². The van der Waals surface area contributed by atoms with E-state index in [4.69, 9.17) is 4.42 Å². The van der Waals surface area contributed by atoms with Crippen molar-refractivity contribution in [3.8, 4) is 11.3 Å². The number of rotatable bonds is 1. The van der Waals surface area contributed by atoms with Crippen molar-refractivity contribution in [1.82, 2.24) is 0 Å². The highest BCUT2D eigenvalue weighted by Crippen LogP contribution is 2.34. The summed E-state index contributed by atoms with van der Waals surface area (Å²) in [7, 11) is 0. The first-order valence-corrected chi connectivity index (χ1v) is 6.80. The molecule has 0 bridgehead atoms. The van der Waals surface area contributed by atoms with Crippen molar-refractivity contribution in [2.45, 2.75) is 6.92 Å². The molecule has 0 saturated carbocycles. The van der Waals surface area contributed by atoms with Crippen molar-refractivity contribution in [2.75, 3.05) is 0 Å². The highest BCUT2D eigenvalue weighted by Gasteiger charge is 2.10. The van der Waals surface area contributed by atoms with Crippen LogP contribution >= 0.6 is 0 Å². The van der Waals surface area contributed by atoms with E-state index in [0.29, 0.717) is 0 Å². The maximum absolute atomic E-state index is 6.12. The number of benzene rings is 3. The summed E-state index contributed by atoms with van der Waals surface area (Å²) in [5.74, 6) is 0.927. The summed E-state index contributed by atoms with van der Waals surface area (Å²) >= 11 is 0. The first-order valence-electron chi connectivity index (χ1n) is 6.80. The van der Waals surface area contributed by atoms with Crippen LogP contribution < -0.4 is 0 Å². The minimum absolute atomic E-state index is 0.927. The van der Waals surface area contributed by atoms with Crippen molar-refractivity contribution in [3.63, 3.8) is 0 Å². The van der Waals surface area contributed by atoms with Crippen LogP contribution in [0.15, 0.2) is 71.1 Å². The molecular formula is C19H14O. The molecule has 0 aliphatic heterocycles. The smallest absolute Gasteiger partial charge is 0.142 e. The SMILES string of the molecule is Cc1cc2cc(-c3ccccc3)oc2c2ccccc12. The molecule has 1 aromatic heterocycles. The van der Waals surface area contributed by atoms with Gasteiger partial charge in [0.25, 0.3) is 0 Å². The summed E-state index contributed by atoms with van der Waals surface area (Å²) in [6.07, 6.45) is 0. The van der Waals surface area contributed by atoms with Gasteiger partial charge in [0.05, 0.1) is 0 Å². The zero-order valence-corrected chi connectivity index (χ0v) is 11.3. The lowest BCUT2D eigenvalue weighted by molar-refractivity contribution is 0.635. The zero-order valence-electron chi connectivity index (χ0n) is 11.3. The molecule has 1 heterocycles. The van der Waals surface area contributed by atoms with E-state index < -0.39 is 0 Å². The van der Waals surface area contributed by atoms with Crippen LogP contribution in [0.5, 0.6) is 0 Å². The van der Waals surface area contributed by atoms with Gasteiger partial charge in [0.15, 0.2) is 0 Å². The summed E-state index contributed by atoms with van der Waals surface area (Å²) < 4.78 is 6.12. The molecule has 0 spiro atoms.